The van der Waals surface area contributed by atoms with Crippen LogP contribution in [0.3, 0.4) is 0 Å². The van der Waals surface area contributed by atoms with E-state index in [0.29, 0.717) is 6.04 Å². The number of hydrogen-bond acceptors (Lipinski definition) is 2. The molecule has 0 aromatic heterocycles. The molecular weight excluding hydrogens is 314 g/mol. The second kappa shape index (κ2) is 4.74. The molecule has 0 aliphatic heterocycles. The molecule has 2 nitrogen and oxygen atoms in total. The van der Waals surface area contributed by atoms with Crippen LogP contribution in [-0.4, -0.2) is 13.2 Å². The summed E-state index contributed by atoms with van der Waals surface area (Å²) in [5.74, 6) is 5.66. The van der Waals surface area contributed by atoms with Crippen molar-refractivity contribution >= 4 is 15.9 Å². The van der Waals surface area contributed by atoms with Crippen molar-refractivity contribution < 1.29 is 4.74 Å². The van der Waals surface area contributed by atoms with Crippen LogP contribution >= 0.6 is 15.9 Å². The van der Waals surface area contributed by atoms with E-state index >= 15 is 0 Å². The summed E-state index contributed by atoms with van der Waals surface area (Å²) in [6.07, 6.45) is 5.41. The van der Waals surface area contributed by atoms with Gasteiger partial charge in [0, 0.05) is 10.5 Å². The van der Waals surface area contributed by atoms with E-state index in [-0.39, 0.29) is 0 Å². The fourth-order valence-corrected chi connectivity index (χ4v) is 5.60. The van der Waals surface area contributed by atoms with E-state index in [1.807, 2.05) is 6.07 Å². The molecule has 1 aromatic rings. The number of benzene rings is 1. The summed E-state index contributed by atoms with van der Waals surface area (Å²) in [6, 6.07) is 6.50. The highest BCUT2D eigenvalue weighted by molar-refractivity contribution is 9.10. The third-order valence-corrected chi connectivity index (χ3v) is 6.77. The number of rotatable bonds is 4. The van der Waals surface area contributed by atoms with Crippen molar-refractivity contribution in [1.29, 1.82) is 0 Å². The highest BCUT2D eigenvalue weighted by Crippen LogP contribution is 2.70. The number of ether oxygens (including phenoxy) is 1. The zero-order valence-electron chi connectivity index (χ0n) is 11.9. The lowest BCUT2D eigenvalue weighted by Crippen LogP contribution is -2.28. The molecule has 108 valence electrons. The van der Waals surface area contributed by atoms with Gasteiger partial charge < -0.3 is 10.5 Å². The fourth-order valence-electron chi connectivity index (χ4n) is 5.19. The molecule has 20 heavy (non-hydrogen) atoms. The summed E-state index contributed by atoms with van der Waals surface area (Å²) in [5.41, 5.74) is 7.84. The van der Waals surface area contributed by atoms with Crippen LogP contribution in [0.1, 0.15) is 24.8 Å². The van der Waals surface area contributed by atoms with Crippen molar-refractivity contribution in [2.45, 2.75) is 31.7 Å². The molecule has 2 N–H and O–H groups in total. The summed E-state index contributed by atoms with van der Waals surface area (Å²) < 4.78 is 6.48. The number of hydrogen-bond donors (Lipinski definition) is 1. The van der Waals surface area contributed by atoms with Gasteiger partial charge in [-0.1, -0.05) is 15.9 Å². The predicted octanol–water partition coefficient (Wildman–Crippen LogP) is 3.62. The predicted molar refractivity (Wildman–Crippen MR) is 83.7 cm³/mol. The molecule has 3 saturated carbocycles. The molecule has 2 bridgehead atoms. The standard InChI is InChI=1S/C17H22BrNO/c1-20-12-4-5-13(18)11(7-12)8-14(19)17-15-9-2-3-10(6-9)16(15)17/h4-5,7,9-10,14-17H,2-3,6,8,19H2,1H3. The zero-order chi connectivity index (χ0) is 13.9. The van der Waals surface area contributed by atoms with Gasteiger partial charge in [0.15, 0.2) is 0 Å². The first-order valence-corrected chi connectivity index (χ1v) is 8.56. The average molecular weight is 336 g/mol. The second-order valence-corrected chi connectivity index (χ2v) is 7.74. The third kappa shape index (κ3) is 1.93. The minimum Gasteiger partial charge on any atom is -0.497 e. The van der Waals surface area contributed by atoms with Crippen LogP contribution in [-0.2, 0) is 6.42 Å². The molecule has 5 unspecified atom stereocenters. The molecule has 5 atom stereocenters. The summed E-state index contributed by atoms with van der Waals surface area (Å²) >= 11 is 3.64. The van der Waals surface area contributed by atoms with Crippen LogP contribution in [0.5, 0.6) is 5.75 Å². The maximum Gasteiger partial charge on any atom is 0.119 e. The minimum absolute atomic E-state index is 0.316. The van der Waals surface area contributed by atoms with Gasteiger partial charge in [-0.3, -0.25) is 0 Å². The maximum atomic E-state index is 6.55. The van der Waals surface area contributed by atoms with Crippen LogP contribution in [0.4, 0.5) is 0 Å². The molecule has 0 amide bonds. The van der Waals surface area contributed by atoms with Crippen molar-refractivity contribution in [3.8, 4) is 5.75 Å². The second-order valence-electron chi connectivity index (χ2n) is 6.89. The Kier molecular flexibility index (Phi) is 3.11. The van der Waals surface area contributed by atoms with Crippen molar-refractivity contribution in [1.82, 2.24) is 0 Å². The van der Waals surface area contributed by atoms with E-state index in [1.54, 1.807) is 7.11 Å². The van der Waals surface area contributed by atoms with Crippen molar-refractivity contribution in [2.75, 3.05) is 7.11 Å². The number of nitrogens with two attached hydrogens (primary N) is 1. The molecule has 4 rings (SSSR count). The van der Waals surface area contributed by atoms with Gasteiger partial charge in [0.25, 0.3) is 0 Å². The summed E-state index contributed by atoms with van der Waals surface area (Å²) in [5, 5.41) is 0. The Morgan fingerprint density at radius 2 is 2.00 bits per heavy atom. The first-order valence-electron chi connectivity index (χ1n) is 7.77. The van der Waals surface area contributed by atoms with Crippen LogP contribution in [0.25, 0.3) is 0 Å². The summed E-state index contributed by atoms with van der Waals surface area (Å²) in [6.45, 7) is 0. The van der Waals surface area contributed by atoms with Gasteiger partial charge in [-0.25, -0.2) is 0 Å². The van der Waals surface area contributed by atoms with Gasteiger partial charge in [-0.2, -0.15) is 0 Å². The van der Waals surface area contributed by atoms with Crippen LogP contribution in [0.2, 0.25) is 0 Å². The third-order valence-electron chi connectivity index (χ3n) is 6.00. The van der Waals surface area contributed by atoms with E-state index in [2.05, 4.69) is 28.1 Å². The Labute approximate surface area is 129 Å². The molecule has 3 fully saturated rings. The molecule has 0 spiro atoms. The largest absolute Gasteiger partial charge is 0.497 e. The smallest absolute Gasteiger partial charge is 0.119 e. The normalized spacial score (nSPS) is 38.6. The summed E-state index contributed by atoms with van der Waals surface area (Å²) in [4.78, 5) is 0. The van der Waals surface area contributed by atoms with E-state index in [0.717, 1.165) is 46.2 Å². The molecule has 3 heteroatoms. The monoisotopic (exact) mass is 335 g/mol. The first kappa shape index (κ1) is 13.1. The van der Waals surface area contributed by atoms with Gasteiger partial charge in [0.2, 0.25) is 0 Å². The Bertz CT molecular complexity index is 516. The Hall–Kier alpha value is -0.540. The summed E-state index contributed by atoms with van der Waals surface area (Å²) in [7, 11) is 1.72. The first-order chi connectivity index (χ1) is 9.69. The highest BCUT2D eigenvalue weighted by Gasteiger charge is 2.65. The lowest BCUT2D eigenvalue weighted by atomic mass is 9.94. The molecule has 0 radical (unpaired) electrons. The maximum absolute atomic E-state index is 6.55. The van der Waals surface area contributed by atoms with Gasteiger partial charge >= 0.3 is 0 Å². The fraction of sp³-hybridized carbons (Fsp3) is 0.647. The number of halogens is 1. The van der Waals surface area contributed by atoms with Gasteiger partial charge in [-0.05, 0) is 79.0 Å². The van der Waals surface area contributed by atoms with E-state index in [4.69, 9.17) is 10.5 Å². The molecule has 1 aromatic carbocycles. The van der Waals surface area contributed by atoms with Crippen LogP contribution in [0, 0.1) is 29.6 Å². The highest BCUT2D eigenvalue weighted by atomic mass is 79.9. The van der Waals surface area contributed by atoms with E-state index < -0.39 is 0 Å². The Morgan fingerprint density at radius 1 is 1.30 bits per heavy atom. The average Bonchev–Trinajstić information content (AvgIpc) is 2.90. The lowest BCUT2D eigenvalue weighted by molar-refractivity contribution is 0.405. The number of methoxy groups -OCH3 is 1. The molecule has 0 saturated heterocycles. The van der Waals surface area contributed by atoms with E-state index in [1.165, 1.54) is 24.8 Å². The van der Waals surface area contributed by atoms with Crippen LogP contribution < -0.4 is 10.5 Å². The van der Waals surface area contributed by atoms with Crippen LogP contribution in [0.15, 0.2) is 22.7 Å². The zero-order valence-corrected chi connectivity index (χ0v) is 13.5. The van der Waals surface area contributed by atoms with Crippen molar-refractivity contribution in [3.05, 3.63) is 28.2 Å². The van der Waals surface area contributed by atoms with Crippen molar-refractivity contribution in [2.24, 2.45) is 35.3 Å². The molecule has 3 aliphatic rings. The van der Waals surface area contributed by atoms with Crippen molar-refractivity contribution in [3.63, 3.8) is 0 Å². The van der Waals surface area contributed by atoms with Gasteiger partial charge in [-0.15, -0.1) is 0 Å². The van der Waals surface area contributed by atoms with Gasteiger partial charge in [0.1, 0.15) is 5.75 Å². The molecule has 3 aliphatic carbocycles. The van der Waals surface area contributed by atoms with E-state index in [9.17, 15) is 0 Å². The molecular formula is C17H22BrNO. The topological polar surface area (TPSA) is 35.2 Å². The Balaban J connectivity index is 1.47. The quantitative estimate of drug-likeness (QED) is 0.911. The number of fused-ring (bicyclic) bond motifs is 5. The SMILES string of the molecule is COc1ccc(Br)c(CC(N)C2C3C4CCC(C4)C23)c1. The Morgan fingerprint density at radius 3 is 2.65 bits per heavy atom. The molecule has 0 heterocycles. The lowest BCUT2D eigenvalue weighted by Gasteiger charge is -2.17. The minimum atomic E-state index is 0.316. The van der Waals surface area contributed by atoms with Gasteiger partial charge in [0.05, 0.1) is 7.11 Å².